The minimum absolute atomic E-state index is 0.129. The van der Waals surface area contributed by atoms with E-state index in [1.165, 1.54) is 0 Å². The number of hydrogen-bond acceptors (Lipinski definition) is 2. The molecule has 0 saturated carbocycles. The van der Waals surface area contributed by atoms with Crippen LogP contribution in [-0.4, -0.2) is 11.2 Å². The van der Waals surface area contributed by atoms with Gasteiger partial charge in [-0.1, -0.05) is 49.6 Å². The Kier molecular flexibility index (Phi) is 7.70. The molecule has 26 heavy (non-hydrogen) atoms. The quantitative estimate of drug-likeness (QED) is 0.589. The van der Waals surface area contributed by atoms with E-state index in [2.05, 4.69) is 13.2 Å². The largest absolute Gasteiger partial charge is 0.488 e. The molecule has 0 N–H and O–H groups in total. The van der Waals surface area contributed by atoms with Gasteiger partial charge < -0.3 is 9.47 Å². The predicted octanol–water partition coefficient (Wildman–Crippen LogP) is 7.01. The molecule has 0 atom stereocenters. The van der Waals surface area contributed by atoms with Crippen molar-refractivity contribution in [1.82, 2.24) is 0 Å². The Balaban J connectivity index is 0.000000260. The van der Waals surface area contributed by atoms with Gasteiger partial charge in [0.25, 0.3) is 0 Å². The van der Waals surface area contributed by atoms with Gasteiger partial charge in [-0.15, -0.1) is 0 Å². The van der Waals surface area contributed by atoms with Crippen molar-refractivity contribution in [1.29, 1.82) is 0 Å². The average molecular weight is 353 g/mol. The SMILES string of the molecule is C=Cc1ccc(OC(C)(C)C)cc1.C=Cc1ccc(OC(C)(C)C)cc1. The molecule has 2 aromatic rings. The average Bonchev–Trinajstić information content (AvgIpc) is 2.54. The van der Waals surface area contributed by atoms with Gasteiger partial charge in [-0.05, 0) is 76.9 Å². The van der Waals surface area contributed by atoms with E-state index in [1.54, 1.807) is 0 Å². The monoisotopic (exact) mass is 352 g/mol. The zero-order valence-electron chi connectivity index (χ0n) is 17.0. The van der Waals surface area contributed by atoms with Crippen LogP contribution in [0, 0.1) is 0 Å². The van der Waals surface area contributed by atoms with E-state index in [9.17, 15) is 0 Å². The lowest BCUT2D eigenvalue weighted by molar-refractivity contribution is 0.130. The van der Waals surface area contributed by atoms with Crippen LogP contribution in [0.3, 0.4) is 0 Å². The van der Waals surface area contributed by atoms with Gasteiger partial charge in [0.05, 0.1) is 0 Å². The summed E-state index contributed by atoms with van der Waals surface area (Å²) in [5.74, 6) is 1.80. The zero-order chi connectivity index (χ0) is 19.8. The lowest BCUT2D eigenvalue weighted by atomic mass is 10.2. The highest BCUT2D eigenvalue weighted by atomic mass is 16.5. The maximum Gasteiger partial charge on any atom is 0.120 e. The Labute approximate surface area is 159 Å². The molecule has 2 nitrogen and oxygen atoms in total. The molecule has 2 heteroatoms. The summed E-state index contributed by atoms with van der Waals surface area (Å²) in [5.41, 5.74) is 1.97. The first-order chi connectivity index (χ1) is 12.0. The summed E-state index contributed by atoms with van der Waals surface area (Å²) in [6.45, 7) is 19.6. The minimum atomic E-state index is -0.129. The van der Waals surface area contributed by atoms with Crippen molar-refractivity contribution in [3.63, 3.8) is 0 Å². The van der Waals surface area contributed by atoms with Crippen LogP contribution in [0.5, 0.6) is 11.5 Å². The van der Waals surface area contributed by atoms with E-state index >= 15 is 0 Å². The highest BCUT2D eigenvalue weighted by Crippen LogP contribution is 2.19. The lowest BCUT2D eigenvalue weighted by Gasteiger charge is -2.21. The molecule has 140 valence electrons. The minimum Gasteiger partial charge on any atom is -0.488 e. The van der Waals surface area contributed by atoms with E-state index in [0.717, 1.165) is 22.6 Å². The number of benzene rings is 2. The van der Waals surface area contributed by atoms with Crippen LogP contribution in [0.1, 0.15) is 52.7 Å². The molecule has 0 spiro atoms. The fraction of sp³-hybridized carbons (Fsp3) is 0.333. The van der Waals surface area contributed by atoms with E-state index in [4.69, 9.17) is 9.47 Å². The molecule has 0 aliphatic rings. The second-order valence-electron chi connectivity index (χ2n) is 7.98. The standard InChI is InChI=1S/2C12H16O/c2*1-5-10-6-8-11(9-7-10)13-12(2,3)4/h2*5-9H,1H2,2-4H3. The smallest absolute Gasteiger partial charge is 0.120 e. The first-order valence-corrected chi connectivity index (χ1v) is 8.85. The maximum atomic E-state index is 5.67. The fourth-order valence-electron chi connectivity index (χ4n) is 2.05. The van der Waals surface area contributed by atoms with Gasteiger partial charge in [0.15, 0.2) is 0 Å². The Hall–Kier alpha value is -2.48. The predicted molar refractivity (Wildman–Crippen MR) is 114 cm³/mol. The van der Waals surface area contributed by atoms with Gasteiger partial charge in [0.2, 0.25) is 0 Å². The molecule has 0 bridgehead atoms. The van der Waals surface area contributed by atoms with Gasteiger partial charge in [0.1, 0.15) is 22.7 Å². The van der Waals surface area contributed by atoms with Gasteiger partial charge >= 0.3 is 0 Å². The highest BCUT2D eigenvalue weighted by Gasteiger charge is 2.11. The summed E-state index contributed by atoms with van der Waals surface area (Å²) in [5, 5.41) is 0. The van der Waals surface area contributed by atoms with Gasteiger partial charge in [-0.3, -0.25) is 0 Å². The normalized spacial score (nSPS) is 11.0. The maximum absolute atomic E-state index is 5.67. The third kappa shape index (κ3) is 9.12. The third-order valence-corrected chi connectivity index (χ3v) is 3.08. The van der Waals surface area contributed by atoms with E-state index in [-0.39, 0.29) is 11.2 Å². The molecule has 0 amide bonds. The van der Waals surface area contributed by atoms with Crippen LogP contribution in [0.25, 0.3) is 12.2 Å². The van der Waals surface area contributed by atoms with Crippen molar-refractivity contribution in [2.24, 2.45) is 0 Å². The number of ether oxygens (including phenoxy) is 2. The second kappa shape index (κ2) is 9.28. The summed E-state index contributed by atoms with van der Waals surface area (Å²) in [7, 11) is 0. The molecule has 2 rings (SSSR count). The first-order valence-electron chi connectivity index (χ1n) is 8.85. The van der Waals surface area contributed by atoms with Gasteiger partial charge in [-0.2, -0.15) is 0 Å². The summed E-state index contributed by atoms with van der Waals surface area (Å²) in [4.78, 5) is 0. The molecule has 0 heterocycles. The van der Waals surface area contributed by atoms with Crippen LogP contribution in [-0.2, 0) is 0 Å². The van der Waals surface area contributed by atoms with E-state index < -0.39 is 0 Å². The van der Waals surface area contributed by atoms with Crippen LogP contribution < -0.4 is 9.47 Å². The van der Waals surface area contributed by atoms with Crippen LogP contribution in [0.15, 0.2) is 61.7 Å². The first kappa shape index (κ1) is 21.6. The van der Waals surface area contributed by atoms with Crippen molar-refractivity contribution < 1.29 is 9.47 Å². The molecule has 0 unspecified atom stereocenters. The molecular formula is C24H32O2. The summed E-state index contributed by atoms with van der Waals surface area (Å²) in [6.07, 6.45) is 3.64. The van der Waals surface area contributed by atoms with Crippen molar-refractivity contribution in [2.75, 3.05) is 0 Å². The molecule has 0 aliphatic carbocycles. The molecule has 0 aromatic heterocycles. The molecule has 2 aromatic carbocycles. The number of rotatable bonds is 4. The summed E-state index contributed by atoms with van der Waals surface area (Å²) < 4.78 is 11.3. The zero-order valence-corrected chi connectivity index (χ0v) is 17.0. The molecule has 0 saturated heterocycles. The van der Waals surface area contributed by atoms with Crippen LogP contribution in [0.2, 0.25) is 0 Å². The molecule has 0 aliphatic heterocycles. The van der Waals surface area contributed by atoms with Crippen LogP contribution in [0.4, 0.5) is 0 Å². The van der Waals surface area contributed by atoms with Gasteiger partial charge in [-0.25, -0.2) is 0 Å². The Morgan fingerprint density at radius 3 is 1.04 bits per heavy atom. The van der Waals surface area contributed by atoms with E-state index in [1.807, 2.05) is 102 Å². The molecule has 0 radical (unpaired) electrons. The Bertz CT molecular complexity index is 617. The third-order valence-electron chi connectivity index (χ3n) is 3.08. The second-order valence-corrected chi connectivity index (χ2v) is 7.98. The van der Waals surface area contributed by atoms with Crippen molar-refractivity contribution >= 4 is 12.2 Å². The lowest BCUT2D eigenvalue weighted by Crippen LogP contribution is -2.22. The van der Waals surface area contributed by atoms with Crippen LogP contribution >= 0.6 is 0 Å². The Morgan fingerprint density at radius 1 is 0.577 bits per heavy atom. The van der Waals surface area contributed by atoms with Crippen molar-refractivity contribution in [3.8, 4) is 11.5 Å². The Morgan fingerprint density at radius 2 is 0.846 bits per heavy atom. The van der Waals surface area contributed by atoms with Crippen molar-refractivity contribution in [2.45, 2.75) is 52.7 Å². The van der Waals surface area contributed by atoms with E-state index in [0.29, 0.717) is 0 Å². The summed E-state index contributed by atoms with van der Waals surface area (Å²) in [6, 6.07) is 15.8. The topological polar surface area (TPSA) is 18.5 Å². The number of hydrogen-bond donors (Lipinski definition) is 0. The fourth-order valence-corrected chi connectivity index (χ4v) is 2.05. The van der Waals surface area contributed by atoms with Gasteiger partial charge in [0, 0.05) is 0 Å². The highest BCUT2D eigenvalue weighted by molar-refractivity contribution is 5.48. The van der Waals surface area contributed by atoms with Crippen molar-refractivity contribution in [3.05, 3.63) is 72.8 Å². The molecular weight excluding hydrogens is 320 g/mol. The summed E-state index contributed by atoms with van der Waals surface area (Å²) >= 11 is 0. The molecule has 0 fully saturated rings.